The lowest BCUT2D eigenvalue weighted by Gasteiger charge is -2.52. The maximum atomic E-state index is 14.2. The van der Waals surface area contributed by atoms with Gasteiger partial charge in [-0.3, -0.25) is 9.59 Å². The number of carbonyl (C=O) groups excluding carboxylic acids is 1. The second-order valence-corrected chi connectivity index (χ2v) is 21.8. The van der Waals surface area contributed by atoms with E-state index >= 15 is 0 Å². The van der Waals surface area contributed by atoms with Crippen molar-refractivity contribution in [3.05, 3.63) is 0 Å². The molecular weight excluding hydrogens is 572 g/mol. The topological polar surface area (TPSA) is 91.3 Å². The first-order chi connectivity index (χ1) is 20.6. The van der Waals surface area contributed by atoms with Crippen LogP contribution in [0.3, 0.4) is 0 Å². The maximum absolute atomic E-state index is 14.2. The van der Waals surface area contributed by atoms with Crippen LogP contribution in [-0.2, 0) is 28.2 Å². The zero-order valence-corrected chi connectivity index (χ0v) is 30.9. The molecule has 0 radical (unpaired) electrons. The van der Waals surface area contributed by atoms with Crippen molar-refractivity contribution in [1.29, 1.82) is 0 Å². The van der Waals surface area contributed by atoms with Gasteiger partial charge >= 0.3 is 5.97 Å². The molecule has 3 unspecified atom stereocenters. The summed E-state index contributed by atoms with van der Waals surface area (Å²) >= 11 is 0. The number of hydrogen-bond donors (Lipinski definition) is 1. The molecule has 7 nitrogen and oxygen atoms in total. The summed E-state index contributed by atoms with van der Waals surface area (Å²) in [6.45, 7) is 25.2. The Bertz CT molecular complexity index is 931. The Morgan fingerprint density at radius 2 is 1.45 bits per heavy atom. The number of fused-ring (bicyclic) bond motifs is 1. The molecule has 3 saturated carbocycles. The number of methoxy groups -OCH3 is 1. The second kappa shape index (κ2) is 15.4. The SMILES string of the molecule is COCOC1CC[C@](C)(C2CC[C@]3(C)[C@@H]([C@H](C)COCC(C)CO[Si](C(C)C)(C(C)C)C(C)C)CC[C@H]3C2=O)[C@@H](C(=O)O)C1. The summed E-state index contributed by atoms with van der Waals surface area (Å²) in [7, 11) is -0.304. The van der Waals surface area contributed by atoms with Crippen LogP contribution in [0.15, 0.2) is 0 Å². The molecule has 3 aliphatic rings. The molecule has 0 aromatic rings. The van der Waals surface area contributed by atoms with Gasteiger partial charge in [-0.15, -0.1) is 0 Å². The summed E-state index contributed by atoms with van der Waals surface area (Å²) in [5.41, 5.74) is 1.14. The van der Waals surface area contributed by atoms with E-state index in [9.17, 15) is 14.7 Å². The van der Waals surface area contributed by atoms with E-state index in [1.54, 1.807) is 7.11 Å². The van der Waals surface area contributed by atoms with E-state index in [2.05, 4.69) is 69.2 Å². The van der Waals surface area contributed by atoms with E-state index in [1.807, 2.05) is 0 Å². The van der Waals surface area contributed by atoms with Gasteiger partial charge in [0.15, 0.2) is 8.32 Å². The molecule has 0 amide bonds. The van der Waals surface area contributed by atoms with Crippen molar-refractivity contribution in [2.24, 2.45) is 46.3 Å². The Balaban J connectivity index is 1.58. The predicted octanol–water partition coefficient (Wildman–Crippen LogP) is 8.36. The van der Waals surface area contributed by atoms with Crippen LogP contribution in [0.5, 0.6) is 0 Å². The number of carboxylic acid groups (broad SMARTS) is 1. The number of carboxylic acids is 1. The fourth-order valence-corrected chi connectivity index (χ4v) is 15.9. The lowest BCUT2D eigenvalue weighted by molar-refractivity contribution is -0.167. The predicted molar refractivity (Wildman–Crippen MR) is 178 cm³/mol. The largest absolute Gasteiger partial charge is 0.481 e. The number of Topliss-reactive ketones (excluding diaryl/α,β-unsaturated/α-hetero) is 1. The molecule has 0 saturated heterocycles. The minimum atomic E-state index is -1.88. The number of ketones is 1. The van der Waals surface area contributed by atoms with E-state index in [4.69, 9.17) is 18.6 Å². The van der Waals surface area contributed by atoms with Gasteiger partial charge in [0.1, 0.15) is 12.6 Å². The minimum Gasteiger partial charge on any atom is -0.481 e. The molecule has 0 aliphatic heterocycles. The molecule has 256 valence electrons. The highest BCUT2D eigenvalue weighted by Gasteiger charge is 2.60. The second-order valence-electron chi connectivity index (χ2n) is 16.4. The number of aliphatic carboxylic acids is 1. The molecule has 9 atom stereocenters. The van der Waals surface area contributed by atoms with Gasteiger partial charge in [0.05, 0.1) is 18.6 Å². The summed E-state index contributed by atoms with van der Waals surface area (Å²) < 4.78 is 24.0. The maximum Gasteiger partial charge on any atom is 0.307 e. The third kappa shape index (κ3) is 7.50. The van der Waals surface area contributed by atoms with Crippen LogP contribution in [0, 0.1) is 46.3 Å². The summed E-state index contributed by atoms with van der Waals surface area (Å²) in [5, 5.41) is 10.2. The summed E-state index contributed by atoms with van der Waals surface area (Å²) in [5.74, 6) is -0.112. The molecule has 3 fully saturated rings. The third-order valence-electron chi connectivity index (χ3n) is 12.7. The van der Waals surface area contributed by atoms with Crippen molar-refractivity contribution in [2.45, 2.75) is 137 Å². The smallest absolute Gasteiger partial charge is 0.307 e. The van der Waals surface area contributed by atoms with Crippen molar-refractivity contribution in [3.63, 3.8) is 0 Å². The number of rotatable bonds is 16. The Labute approximate surface area is 270 Å². The average Bonchev–Trinajstić information content (AvgIpc) is 3.30. The van der Waals surface area contributed by atoms with Gasteiger partial charge in [-0.2, -0.15) is 0 Å². The minimum absolute atomic E-state index is 0.0101. The van der Waals surface area contributed by atoms with Gasteiger partial charge in [-0.05, 0) is 84.2 Å². The highest BCUT2D eigenvalue weighted by Crippen LogP contribution is 2.61. The van der Waals surface area contributed by atoms with E-state index in [0.29, 0.717) is 66.2 Å². The Morgan fingerprint density at radius 3 is 2.02 bits per heavy atom. The molecule has 3 rings (SSSR count). The van der Waals surface area contributed by atoms with E-state index in [0.717, 1.165) is 38.7 Å². The fraction of sp³-hybridized carbons (Fsp3) is 0.944. The van der Waals surface area contributed by atoms with Crippen LogP contribution in [-0.4, -0.2) is 65.0 Å². The van der Waals surface area contributed by atoms with Gasteiger partial charge < -0.3 is 23.7 Å². The molecular formula is C36H66O7Si. The van der Waals surface area contributed by atoms with Crippen LogP contribution in [0.1, 0.15) is 114 Å². The molecule has 0 heterocycles. The zero-order valence-electron chi connectivity index (χ0n) is 29.9. The van der Waals surface area contributed by atoms with Gasteiger partial charge in [0.25, 0.3) is 0 Å². The molecule has 0 aromatic heterocycles. The quantitative estimate of drug-likeness (QED) is 0.134. The first-order valence-electron chi connectivity index (χ1n) is 17.6. The van der Waals surface area contributed by atoms with Crippen molar-refractivity contribution >= 4 is 20.1 Å². The molecule has 8 heteroatoms. The Morgan fingerprint density at radius 1 is 0.864 bits per heavy atom. The third-order valence-corrected chi connectivity index (χ3v) is 18.8. The number of ether oxygens (including phenoxy) is 3. The van der Waals surface area contributed by atoms with Gasteiger partial charge in [0, 0.05) is 38.1 Å². The van der Waals surface area contributed by atoms with E-state index in [1.165, 1.54) is 0 Å². The molecule has 0 aromatic carbocycles. The summed E-state index contributed by atoms with van der Waals surface area (Å²) in [6.07, 6.45) is 5.48. The van der Waals surface area contributed by atoms with Crippen LogP contribution in [0.2, 0.25) is 16.6 Å². The highest BCUT2D eigenvalue weighted by atomic mass is 28.4. The van der Waals surface area contributed by atoms with E-state index < -0.39 is 25.6 Å². The fourth-order valence-electron chi connectivity index (χ4n) is 10.3. The molecule has 1 N–H and O–H groups in total. The van der Waals surface area contributed by atoms with Crippen molar-refractivity contribution in [2.75, 3.05) is 33.7 Å². The lowest BCUT2D eigenvalue weighted by Crippen LogP contribution is -2.53. The van der Waals surface area contributed by atoms with Crippen LogP contribution in [0.25, 0.3) is 0 Å². The van der Waals surface area contributed by atoms with Gasteiger partial charge in [-0.25, -0.2) is 0 Å². The van der Waals surface area contributed by atoms with Crippen LogP contribution >= 0.6 is 0 Å². The van der Waals surface area contributed by atoms with Crippen molar-refractivity contribution in [3.8, 4) is 0 Å². The summed E-state index contributed by atoms with van der Waals surface area (Å²) in [4.78, 5) is 26.7. The van der Waals surface area contributed by atoms with Crippen LogP contribution in [0.4, 0.5) is 0 Å². The highest BCUT2D eigenvalue weighted by molar-refractivity contribution is 6.77. The monoisotopic (exact) mass is 638 g/mol. The first kappa shape index (κ1) is 37.7. The van der Waals surface area contributed by atoms with Crippen LogP contribution < -0.4 is 0 Å². The zero-order chi connectivity index (χ0) is 33.0. The number of carbonyl (C=O) groups is 2. The summed E-state index contributed by atoms with van der Waals surface area (Å²) in [6, 6.07) is 0. The van der Waals surface area contributed by atoms with E-state index in [-0.39, 0.29) is 30.1 Å². The normalized spacial score (nSPS) is 34.5. The Kier molecular flexibility index (Phi) is 13.2. The lowest BCUT2D eigenvalue weighted by atomic mass is 9.51. The van der Waals surface area contributed by atoms with Crippen molar-refractivity contribution < 1.29 is 33.3 Å². The Hall–Kier alpha value is -0.803. The van der Waals surface area contributed by atoms with Gasteiger partial charge in [-0.1, -0.05) is 69.2 Å². The standard InChI is InChI=1S/C36H66O7Si/c1-23(2)44(24(3)4,25(5)6)43-20-26(7)19-41-21-27(8)29-12-13-30-33(37)31(15-17-35(29,30)9)36(10)16-14-28(42-22-40-11)18-32(36)34(38)39/h23-32H,12-22H2,1-11H3,(H,38,39)/t26?,27-,28?,29-,30+,31?,32-,35-,36-/m1/s1. The van der Waals surface area contributed by atoms with Crippen molar-refractivity contribution in [1.82, 2.24) is 0 Å². The number of hydrogen-bond acceptors (Lipinski definition) is 6. The van der Waals surface area contributed by atoms with Gasteiger partial charge in [0.2, 0.25) is 0 Å². The molecule has 0 spiro atoms. The average molecular weight is 639 g/mol. The molecule has 0 bridgehead atoms. The first-order valence-corrected chi connectivity index (χ1v) is 19.8. The molecule has 3 aliphatic carbocycles. The molecule has 44 heavy (non-hydrogen) atoms.